The average Bonchev–Trinajstić information content (AvgIpc) is 3.60. The minimum atomic E-state index is 0.0950. The van der Waals surface area contributed by atoms with Crippen LogP contribution in [0.1, 0.15) is 0 Å². The van der Waals surface area contributed by atoms with E-state index in [1.807, 2.05) is 66.9 Å². The molecule has 5 nitrogen and oxygen atoms in total. The van der Waals surface area contributed by atoms with Gasteiger partial charge < -0.3 is 9.80 Å². The van der Waals surface area contributed by atoms with Crippen molar-refractivity contribution in [2.75, 3.05) is 22.9 Å². The van der Waals surface area contributed by atoms with Crippen LogP contribution in [-0.2, 0) is 9.59 Å². The Morgan fingerprint density at radius 1 is 0.692 bits per heavy atom. The first-order chi connectivity index (χ1) is 12.7. The summed E-state index contributed by atoms with van der Waals surface area (Å²) in [5, 5.41) is 0. The lowest BCUT2D eigenvalue weighted by Gasteiger charge is -2.10. The first-order valence-corrected chi connectivity index (χ1v) is 8.47. The SMILES string of the molecule is O=C1CN1c1cc(-c2ccc(-c3ccccc3)cn2)cc(N2CC2=O)c1. The highest BCUT2D eigenvalue weighted by molar-refractivity contribution is 6.15. The molecule has 2 fully saturated rings. The molecule has 0 bridgehead atoms. The lowest BCUT2D eigenvalue weighted by atomic mass is 10.0. The van der Waals surface area contributed by atoms with E-state index in [1.54, 1.807) is 9.80 Å². The molecule has 0 spiro atoms. The molecule has 3 aromatic rings. The van der Waals surface area contributed by atoms with Gasteiger partial charge in [-0.05, 0) is 29.8 Å². The lowest BCUT2D eigenvalue weighted by Crippen LogP contribution is -1.99. The maximum Gasteiger partial charge on any atom is 0.247 e. The quantitative estimate of drug-likeness (QED) is 0.685. The maximum atomic E-state index is 11.5. The molecule has 0 N–H and O–H groups in total. The molecule has 2 aliphatic heterocycles. The van der Waals surface area contributed by atoms with E-state index >= 15 is 0 Å². The summed E-state index contributed by atoms with van der Waals surface area (Å²) in [6, 6.07) is 19.9. The van der Waals surface area contributed by atoms with Crippen LogP contribution in [0.3, 0.4) is 0 Å². The van der Waals surface area contributed by atoms with Crippen LogP contribution in [0.2, 0.25) is 0 Å². The summed E-state index contributed by atoms with van der Waals surface area (Å²) in [5.74, 6) is 0.190. The molecule has 2 saturated heterocycles. The predicted octanol–water partition coefficient (Wildman–Crippen LogP) is 3.11. The highest BCUT2D eigenvalue weighted by Crippen LogP contribution is 2.35. The zero-order chi connectivity index (χ0) is 17.7. The zero-order valence-electron chi connectivity index (χ0n) is 13.9. The second kappa shape index (κ2) is 5.52. The fourth-order valence-electron chi connectivity index (χ4n) is 3.09. The highest BCUT2D eigenvalue weighted by Gasteiger charge is 2.35. The molecule has 26 heavy (non-hydrogen) atoms. The number of carbonyl (C=O) groups excluding carboxylic acids is 2. The van der Waals surface area contributed by atoms with Gasteiger partial charge in [0.25, 0.3) is 0 Å². The number of aromatic nitrogens is 1. The third kappa shape index (κ3) is 2.63. The number of hydrogen-bond acceptors (Lipinski definition) is 3. The summed E-state index contributed by atoms with van der Waals surface area (Å²) in [6.45, 7) is 0.856. The minimum Gasteiger partial charge on any atom is -0.301 e. The number of rotatable bonds is 4. The Morgan fingerprint density at radius 2 is 1.31 bits per heavy atom. The fraction of sp³-hybridized carbons (Fsp3) is 0.0952. The molecular weight excluding hydrogens is 326 g/mol. The van der Waals surface area contributed by atoms with Crippen LogP contribution in [0.4, 0.5) is 11.4 Å². The predicted molar refractivity (Wildman–Crippen MR) is 99.8 cm³/mol. The molecule has 3 heterocycles. The number of hydrogen-bond donors (Lipinski definition) is 0. The van der Waals surface area contributed by atoms with Gasteiger partial charge in [0.05, 0.1) is 5.69 Å². The van der Waals surface area contributed by atoms with Crippen LogP contribution < -0.4 is 9.80 Å². The van der Waals surface area contributed by atoms with E-state index in [1.165, 1.54) is 0 Å². The van der Waals surface area contributed by atoms with E-state index in [0.29, 0.717) is 13.1 Å². The summed E-state index contributed by atoms with van der Waals surface area (Å²) in [7, 11) is 0. The van der Waals surface area contributed by atoms with Crippen molar-refractivity contribution in [3.8, 4) is 22.4 Å². The molecule has 2 aliphatic rings. The minimum absolute atomic E-state index is 0.0950. The van der Waals surface area contributed by atoms with E-state index in [0.717, 1.165) is 33.8 Å². The van der Waals surface area contributed by atoms with Crippen molar-refractivity contribution in [2.45, 2.75) is 0 Å². The first-order valence-electron chi connectivity index (χ1n) is 8.47. The molecule has 2 amide bonds. The van der Waals surface area contributed by atoms with Gasteiger partial charge in [-0.25, -0.2) is 0 Å². The fourth-order valence-corrected chi connectivity index (χ4v) is 3.09. The van der Waals surface area contributed by atoms with E-state index < -0.39 is 0 Å². The number of anilines is 2. The molecule has 126 valence electrons. The summed E-state index contributed by atoms with van der Waals surface area (Å²) >= 11 is 0. The first kappa shape index (κ1) is 14.8. The summed E-state index contributed by atoms with van der Waals surface area (Å²) < 4.78 is 0. The van der Waals surface area contributed by atoms with Gasteiger partial charge in [0.1, 0.15) is 13.1 Å². The number of nitrogens with zero attached hydrogens (tertiary/aromatic N) is 3. The van der Waals surface area contributed by atoms with Crippen molar-refractivity contribution in [2.24, 2.45) is 0 Å². The van der Waals surface area contributed by atoms with Gasteiger partial charge in [-0.15, -0.1) is 0 Å². The number of benzene rings is 2. The Hall–Kier alpha value is -3.47. The third-order valence-electron chi connectivity index (χ3n) is 4.67. The Morgan fingerprint density at radius 3 is 1.81 bits per heavy atom. The summed E-state index contributed by atoms with van der Waals surface area (Å²) in [5.41, 5.74) is 5.51. The molecule has 0 radical (unpaired) electrons. The van der Waals surface area contributed by atoms with Crippen molar-refractivity contribution < 1.29 is 9.59 Å². The summed E-state index contributed by atoms with van der Waals surface area (Å²) in [4.78, 5) is 31.0. The Labute approximate surface area is 150 Å². The van der Waals surface area contributed by atoms with Gasteiger partial charge in [-0.3, -0.25) is 14.6 Å². The van der Waals surface area contributed by atoms with Crippen LogP contribution in [0.5, 0.6) is 0 Å². The van der Waals surface area contributed by atoms with Gasteiger partial charge in [0, 0.05) is 28.7 Å². The molecule has 0 aliphatic carbocycles. The van der Waals surface area contributed by atoms with Crippen LogP contribution in [0.25, 0.3) is 22.4 Å². The molecule has 0 atom stereocenters. The summed E-state index contributed by atoms with van der Waals surface area (Å²) in [6.07, 6.45) is 1.85. The van der Waals surface area contributed by atoms with Gasteiger partial charge >= 0.3 is 0 Å². The second-order valence-corrected chi connectivity index (χ2v) is 6.50. The Bertz CT molecular complexity index is 989. The van der Waals surface area contributed by atoms with E-state index in [9.17, 15) is 9.59 Å². The molecule has 5 rings (SSSR count). The topological polar surface area (TPSA) is 53.0 Å². The number of carbonyl (C=O) groups is 2. The molecule has 0 saturated carbocycles. The Kier molecular flexibility index (Phi) is 3.15. The maximum absolute atomic E-state index is 11.5. The smallest absolute Gasteiger partial charge is 0.247 e. The van der Waals surface area contributed by atoms with Crippen LogP contribution in [0.15, 0.2) is 66.9 Å². The molecule has 2 aromatic carbocycles. The van der Waals surface area contributed by atoms with Crippen molar-refractivity contribution in [3.63, 3.8) is 0 Å². The zero-order valence-corrected chi connectivity index (χ0v) is 13.9. The second-order valence-electron chi connectivity index (χ2n) is 6.50. The number of amides is 2. The molecular formula is C21H15N3O2. The van der Waals surface area contributed by atoms with Crippen molar-refractivity contribution in [1.82, 2.24) is 4.98 Å². The largest absolute Gasteiger partial charge is 0.301 e. The van der Waals surface area contributed by atoms with Crippen LogP contribution in [-0.4, -0.2) is 29.9 Å². The standard InChI is InChI=1S/C21H15N3O2/c25-20-12-23(20)17-8-16(9-18(10-17)24-13-21(24)26)19-7-6-15(11-22-19)14-4-2-1-3-5-14/h1-11H,12-13H2. The van der Waals surface area contributed by atoms with Crippen molar-refractivity contribution in [3.05, 3.63) is 66.9 Å². The molecule has 1 aromatic heterocycles. The Balaban J connectivity index is 1.52. The monoisotopic (exact) mass is 341 g/mol. The molecule has 0 unspecified atom stereocenters. The lowest BCUT2D eigenvalue weighted by molar-refractivity contribution is -0.110. The van der Waals surface area contributed by atoms with Gasteiger partial charge in [-0.1, -0.05) is 36.4 Å². The third-order valence-corrected chi connectivity index (χ3v) is 4.67. The van der Waals surface area contributed by atoms with Gasteiger partial charge in [0.2, 0.25) is 11.8 Å². The van der Waals surface area contributed by atoms with E-state index in [2.05, 4.69) is 4.98 Å². The van der Waals surface area contributed by atoms with Crippen molar-refractivity contribution in [1.29, 1.82) is 0 Å². The average molecular weight is 341 g/mol. The molecule has 5 heteroatoms. The highest BCUT2D eigenvalue weighted by atomic mass is 16.2. The van der Waals surface area contributed by atoms with Crippen LogP contribution >= 0.6 is 0 Å². The van der Waals surface area contributed by atoms with Gasteiger partial charge in [-0.2, -0.15) is 0 Å². The van der Waals surface area contributed by atoms with Crippen LogP contribution in [0, 0.1) is 0 Å². The van der Waals surface area contributed by atoms with Crippen molar-refractivity contribution >= 4 is 23.2 Å². The van der Waals surface area contributed by atoms with Gasteiger partial charge in [0.15, 0.2) is 0 Å². The van der Waals surface area contributed by atoms with E-state index in [4.69, 9.17) is 0 Å². The number of pyridine rings is 1. The normalized spacial score (nSPS) is 15.4. The van der Waals surface area contributed by atoms with E-state index in [-0.39, 0.29) is 11.8 Å².